The van der Waals surface area contributed by atoms with Crippen molar-refractivity contribution in [2.24, 2.45) is 0 Å². The van der Waals surface area contributed by atoms with E-state index in [9.17, 15) is 18.0 Å². The molecule has 0 saturated heterocycles. The first-order valence-corrected chi connectivity index (χ1v) is 9.91. The number of hydrogen-bond acceptors (Lipinski definition) is 2. The van der Waals surface area contributed by atoms with Crippen LogP contribution in [0.15, 0.2) is 73.1 Å². The van der Waals surface area contributed by atoms with Gasteiger partial charge in [0.25, 0.3) is 5.91 Å². The van der Waals surface area contributed by atoms with E-state index in [1.165, 1.54) is 12.3 Å². The zero-order valence-corrected chi connectivity index (χ0v) is 16.4. The number of carbonyl (C=O) groups excluding carboxylic acids is 1. The van der Waals surface area contributed by atoms with E-state index in [0.717, 1.165) is 34.3 Å². The SMILES string of the molecule is O=C(c1cccnc1)N1CCc2c([nH]c3ccccc23)[C@H]1c1cccc(C(F)(F)F)c1. The maximum absolute atomic E-state index is 13.4. The van der Waals surface area contributed by atoms with E-state index in [0.29, 0.717) is 24.1 Å². The van der Waals surface area contributed by atoms with Gasteiger partial charge in [0.1, 0.15) is 0 Å². The fourth-order valence-electron chi connectivity index (χ4n) is 4.35. The van der Waals surface area contributed by atoms with E-state index >= 15 is 0 Å². The number of H-pyrrole nitrogens is 1. The van der Waals surface area contributed by atoms with Gasteiger partial charge in [-0.05, 0) is 47.9 Å². The summed E-state index contributed by atoms with van der Waals surface area (Å²) in [6.45, 7) is 0.392. The van der Waals surface area contributed by atoms with E-state index in [1.807, 2.05) is 24.3 Å². The highest BCUT2D eigenvalue weighted by Gasteiger charge is 2.37. The van der Waals surface area contributed by atoms with Crippen molar-refractivity contribution < 1.29 is 18.0 Å². The molecule has 2 aromatic heterocycles. The van der Waals surface area contributed by atoms with Crippen LogP contribution in [-0.2, 0) is 12.6 Å². The molecule has 1 N–H and O–H groups in total. The lowest BCUT2D eigenvalue weighted by Crippen LogP contribution is -2.40. The van der Waals surface area contributed by atoms with Crippen LogP contribution in [0.1, 0.15) is 38.8 Å². The number of rotatable bonds is 2. The minimum absolute atomic E-state index is 0.264. The molecule has 1 atom stereocenters. The normalized spacial score (nSPS) is 16.4. The summed E-state index contributed by atoms with van der Waals surface area (Å²) in [7, 11) is 0. The summed E-state index contributed by atoms with van der Waals surface area (Å²) in [4.78, 5) is 22.4. The highest BCUT2D eigenvalue weighted by atomic mass is 19.4. The second-order valence-corrected chi connectivity index (χ2v) is 7.58. The molecule has 0 radical (unpaired) electrons. The fraction of sp³-hybridized carbons (Fsp3) is 0.167. The van der Waals surface area contributed by atoms with Gasteiger partial charge in [0.15, 0.2) is 0 Å². The number of fused-ring (bicyclic) bond motifs is 3. The predicted octanol–water partition coefficient (Wildman–Crippen LogP) is 5.37. The number of para-hydroxylation sites is 1. The number of alkyl halides is 3. The molecule has 4 nitrogen and oxygen atoms in total. The molecule has 2 aromatic carbocycles. The van der Waals surface area contributed by atoms with E-state index in [2.05, 4.69) is 9.97 Å². The number of amides is 1. The summed E-state index contributed by atoms with van der Waals surface area (Å²) in [6.07, 6.45) is -0.799. The fourth-order valence-corrected chi connectivity index (χ4v) is 4.35. The first-order chi connectivity index (χ1) is 14.9. The highest BCUT2D eigenvalue weighted by Crippen LogP contribution is 2.40. The van der Waals surface area contributed by atoms with Gasteiger partial charge in [-0.25, -0.2) is 0 Å². The lowest BCUT2D eigenvalue weighted by molar-refractivity contribution is -0.137. The smallest absolute Gasteiger partial charge is 0.356 e. The summed E-state index contributed by atoms with van der Waals surface area (Å²) in [5.41, 5.74) is 2.78. The van der Waals surface area contributed by atoms with Crippen LogP contribution in [0.2, 0.25) is 0 Å². The van der Waals surface area contributed by atoms with Gasteiger partial charge >= 0.3 is 6.18 Å². The molecule has 0 spiro atoms. The van der Waals surface area contributed by atoms with E-state index < -0.39 is 17.8 Å². The number of benzene rings is 2. The number of hydrogen-bond donors (Lipinski definition) is 1. The zero-order chi connectivity index (χ0) is 21.6. The van der Waals surface area contributed by atoms with Gasteiger partial charge in [0.2, 0.25) is 0 Å². The summed E-state index contributed by atoms with van der Waals surface area (Å²) in [5.74, 6) is -0.264. The average Bonchev–Trinajstić information content (AvgIpc) is 3.17. The number of aromatic nitrogens is 2. The molecule has 0 unspecified atom stereocenters. The number of nitrogens with one attached hydrogen (secondary N) is 1. The van der Waals surface area contributed by atoms with Gasteiger partial charge in [0, 0.05) is 35.5 Å². The maximum atomic E-state index is 13.4. The van der Waals surface area contributed by atoms with E-state index in [4.69, 9.17) is 0 Å². The van der Waals surface area contributed by atoms with E-state index in [1.54, 1.807) is 29.3 Å². The Morgan fingerprint density at radius 2 is 1.90 bits per heavy atom. The van der Waals surface area contributed by atoms with Crippen molar-refractivity contribution in [2.75, 3.05) is 6.54 Å². The summed E-state index contributed by atoms with van der Waals surface area (Å²) in [6, 6.07) is 15.7. The first-order valence-electron chi connectivity index (χ1n) is 9.91. The summed E-state index contributed by atoms with van der Waals surface area (Å²) in [5, 5.41) is 1.03. The molecule has 0 bridgehead atoms. The molecule has 31 heavy (non-hydrogen) atoms. The van der Waals surface area contributed by atoms with Crippen LogP contribution in [0.4, 0.5) is 13.2 Å². The van der Waals surface area contributed by atoms with Gasteiger partial charge in [-0.1, -0.05) is 30.3 Å². The molecular formula is C24H18F3N3O. The van der Waals surface area contributed by atoms with Crippen molar-refractivity contribution >= 4 is 16.8 Å². The minimum atomic E-state index is -4.47. The Morgan fingerprint density at radius 1 is 1.06 bits per heavy atom. The van der Waals surface area contributed by atoms with Crippen molar-refractivity contribution in [1.82, 2.24) is 14.9 Å². The van der Waals surface area contributed by atoms with Crippen LogP contribution in [-0.4, -0.2) is 27.3 Å². The maximum Gasteiger partial charge on any atom is 0.416 e. The molecule has 0 fully saturated rings. The van der Waals surface area contributed by atoms with Gasteiger partial charge in [0.05, 0.1) is 17.2 Å². The third-order valence-electron chi connectivity index (χ3n) is 5.73. The Balaban J connectivity index is 1.69. The van der Waals surface area contributed by atoms with Crippen molar-refractivity contribution in [3.8, 4) is 0 Å². The Hall–Kier alpha value is -3.61. The quantitative estimate of drug-likeness (QED) is 0.473. The predicted molar refractivity (Wildman–Crippen MR) is 111 cm³/mol. The van der Waals surface area contributed by atoms with Gasteiger partial charge < -0.3 is 9.88 Å². The van der Waals surface area contributed by atoms with Crippen LogP contribution in [0.25, 0.3) is 10.9 Å². The first kappa shape index (κ1) is 19.4. The monoisotopic (exact) mass is 421 g/mol. The molecule has 0 aliphatic carbocycles. The molecule has 0 saturated carbocycles. The molecule has 7 heteroatoms. The second kappa shape index (κ2) is 7.27. The molecule has 1 aliphatic heterocycles. The van der Waals surface area contributed by atoms with Gasteiger partial charge in [-0.2, -0.15) is 13.2 Å². The number of carbonyl (C=O) groups is 1. The Labute approximate surface area is 176 Å². The Kier molecular flexibility index (Phi) is 4.54. The lowest BCUT2D eigenvalue weighted by atomic mass is 9.91. The summed E-state index contributed by atoms with van der Waals surface area (Å²) < 4.78 is 40.3. The van der Waals surface area contributed by atoms with Crippen LogP contribution >= 0.6 is 0 Å². The third-order valence-corrected chi connectivity index (χ3v) is 5.73. The lowest BCUT2D eigenvalue weighted by Gasteiger charge is -2.36. The Morgan fingerprint density at radius 3 is 2.68 bits per heavy atom. The molecule has 3 heterocycles. The van der Waals surface area contributed by atoms with E-state index in [-0.39, 0.29) is 5.91 Å². The van der Waals surface area contributed by atoms with Crippen molar-refractivity contribution in [2.45, 2.75) is 18.6 Å². The largest absolute Gasteiger partial charge is 0.416 e. The van der Waals surface area contributed by atoms with Gasteiger partial charge in [-0.15, -0.1) is 0 Å². The second-order valence-electron chi connectivity index (χ2n) is 7.58. The molecule has 1 amide bonds. The Bertz CT molecular complexity index is 1260. The van der Waals surface area contributed by atoms with Crippen LogP contribution in [0, 0.1) is 0 Å². The van der Waals surface area contributed by atoms with Crippen LogP contribution < -0.4 is 0 Å². The van der Waals surface area contributed by atoms with Crippen molar-refractivity contribution in [3.05, 3.63) is 101 Å². The minimum Gasteiger partial charge on any atom is -0.356 e. The molecule has 5 rings (SSSR count). The molecule has 156 valence electrons. The van der Waals surface area contributed by atoms with Gasteiger partial charge in [-0.3, -0.25) is 9.78 Å². The van der Waals surface area contributed by atoms with Crippen LogP contribution in [0.5, 0.6) is 0 Å². The number of aromatic amines is 1. The standard InChI is InChI=1S/C24H18F3N3O/c25-24(26,27)17-7-3-5-15(13-17)22-21-19(18-8-1-2-9-20(18)29-21)10-12-30(22)23(31)16-6-4-11-28-14-16/h1-9,11,13-14,22,29H,10,12H2/t22-/m1/s1. The number of nitrogens with zero attached hydrogens (tertiary/aromatic N) is 2. The third kappa shape index (κ3) is 3.36. The van der Waals surface area contributed by atoms with Crippen molar-refractivity contribution in [1.29, 1.82) is 0 Å². The van der Waals surface area contributed by atoms with Crippen molar-refractivity contribution in [3.63, 3.8) is 0 Å². The average molecular weight is 421 g/mol. The molecule has 1 aliphatic rings. The summed E-state index contributed by atoms with van der Waals surface area (Å²) >= 11 is 0. The molecule has 4 aromatic rings. The number of pyridine rings is 1. The van der Waals surface area contributed by atoms with Crippen LogP contribution in [0.3, 0.4) is 0 Å². The molecular weight excluding hydrogens is 403 g/mol. The zero-order valence-electron chi connectivity index (χ0n) is 16.4. The highest BCUT2D eigenvalue weighted by molar-refractivity contribution is 5.95. The topological polar surface area (TPSA) is 49.0 Å². The number of halogens is 3.